The number of hydrogen-bond donors (Lipinski definition) is 1. The van der Waals surface area contributed by atoms with E-state index >= 15 is 0 Å². The first-order valence-corrected chi connectivity index (χ1v) is 7.57. The molecule has 1 amide bonds. The first kappa shape index (κ1) is 15.4. The van der Waals surface area contributed by atoms with Crippen molar-refractivity contribution in [2.24, 2.45) is 0 Å². The Bertz CT molecular complexity index is 662. The van der Waals surface area contributed by atoms with Crippen LogP contribution >= 0.6 is 43.5 Å². The van der Waals surface area contributed by atoms with Crippen molar-refractivity contribution < 1.29 is 9.53 Å². The molecule has 0 aliphatic heterocycles. The van der Waals surface area contributed by atoms with Crippen LogP contribution in [0.25, 0.3) is 0 Å². The number of carbonyl (C=O) groups is 1. The number of ether oxygens (including phenoxy) is 1. The van der Waals surface area contributed by atoms with Crippen LogP contribution in [0.1, 0.15) is 10.4 Å². The highest BCUT2D eigenvalue weighted by Crippen LogP contribution is 2.28. The summed E-state index contributed by atoms with van der Waals surface area (Å²) in [5.41, 5.74) is 1.10. The van der Waals surface area contributed by atoms with E-state index in [1.54, 1.807) is 36.4 Å². The van der Waals surface area contributed by atoms with Gasteiger partial charge in [0, 0.05) is 14.0 Å². The Kier molecular flexibility index (Phi) is 5.07. The van der Waals surface area contributed by atoms with Gasteiger partial charge in [-0.25, -0.2) is 0 Å². The van der Waals surface area contributed by atoms with Gasteiger partial charge in [-0.1, -0.05) is 27.5 Å². The molecule has 0 spiro atoms. The van der Waals surface area contributed by atoms with Gasteiger partial charge in [0.2, 0.25) is 0 Å². The van der Waals surface area contributed by atoms with Crippen molar-refractivity contribution in [2.75, 3.05) is 12.4 Å². The molecule has 0 fully saturated rings. The lowest BCUT2D eigenvalue weighted by Crippen LogP contribution is -2.13. The first-order valence-electron chi connectivity index (χ1n) is 5.61. The summed E-state index contributed by atoms with van der Waals surface area (Å²) in [5.74, 6) is 0.249. The van der Waals surface area contributed by atoms with Crippen LogP contribution in [0, 0.1) is 0 Å². The zero-order valence-corrected chi connectivity index (χ0v) is 14.3. The van der Waals surface area contributed by atoms with E-state index in [4.69, 9.17) is 16.3 Å². The molecule has 2 aromatic rings. The van der Waals surface area contributed by atoms with Gasteiger partial charge in [0.15, 0.2) is 0 Å². The van der Waals surface area contributed by atoms with Crippen LogP contribution in [0.4, 0.5) is 5.69 Å². The number of halogens is 3. The van der Waals surface area contributed by atoms with Crippen LogP contribution in [-0.4, -0.2) is 13.0 Å². The largest absolute Gasteiger partial charge is 0.496 e. The molecule has 0 saturated heterocycles. The number of amides is 1. The maximum absolute atomic E-state index is 12.3. The monoisotopic (exact) mass is 417 g/mol. The van der Waals surface area contributed by atoms with E-state index in [1.807, 2.05) is 0 Å². The van der Waals surface area contributed by atoms with Crippen molar-refractivity contribution >= 4 is 55.1 Å². The number of rotatable bonds is 3. The minimum absolute atomic E-state index is 0.252. The fourth-order valence-electron chi connectivity index (χ4n) is 1.63. The molecular formula is C14H10Br2ClNO2. The molecule has 0 heterocycles. The van der Waals surface area contributed by atoms with Crippen molar-refractivity contribution in [3.8, 4) is 5.75 Å². The highest BCUT2D eigenvalue weighted by molar-refractivity contribution is 9.10. The van der Waals surface area contributed by atoms with Crippen LogP contribution in [0.5, 0.6) is 5.75 Å². The summed E-state index contributed by atoms with van der Waals surface area (Å²) in [6.07, 6.45) is 0. The van der Waals surface area contributed by atoms with E-state index in [0.29, 0.717) is 22.0 Å². The van der Waals surface area contributed by atoms with Gasteiger partial charge in [0.1, 0.15) is 5.75 Å². The van der Waals surface area contributed by atoms with Crippen molar-refractivity contribution in [1.82, 2.24) is 0 Å². The molecule has 2 rings (SSSR count). The molecule has 0 saturated carbocycles. The molecule has 0 aliphatic rings. The molecule has 1 N–H and O–H groups in total. The molecule has 20 heavy (non-hydrogen) atoms. The highest BCUT2D eigenvalue weighted by Gasteiger charge is 2.14. The van der Waals surface area contributed by atoms with Gasteiger partial charge in [-0.15, -0.1) is 0 Å². The third-order valence-corrected chi connectivity index (χ3v) is 3.97. The van der Waals surface area contributed by atoms with Crippen LogP contribution < -0.4 is 10.1 Å². The molecule has 104 valence electrons. The van der Waals surface area contributed by atoms with Crippen molar-refractivity contribution in [3.05, 3.63) is 55.9 Å². The minimum atomic E-state index is -0.252. The number of anilines is 1. The summed E-state index contributed by atoms with van der Waals surface area (Å²) < 4.78 is 6.77. The number of carbonyl (C=O) groups excluding carboxylic acids is 1. The van der Waals surface area contributed by atoms with E-state index in [9.17, 15) is 4.79 Å². The van der Waals surface area contributed by atoms with Crippen LogP contribution in [0.3, 0.4) is 0 Å². The van der Waals surface area contributed by atoms with Gasteiger partial charge in [-0.2, -0.15) is 0 Å². The quantitative estimate of drug-likeness (QED) is 0.749. The Morgan fingerprint density at radius 2 is 1.95 bits per heavy atom. The second-order valence-corrected chi connectivity index (χ2v) is 6.13. The van der Waals surface area contributed by atoms with E-state index in [0.717, 1.165) is 8.95 Å². The molecule has 2 aromatic carbocycles. The molecule has 3 nitrogen and oxygen atoms in total. The summed E-state index contributed by atoms with van der Waals surface area (Å²) in [6, 6.07) is 10.4. The predicted molar refractivity (Wildman–Crippen MR) is 87.8 cm³/mol. The molecule has 0 radical (unpaired) electrons. The maximum atomic E-state index is 12.3. The van der Waals surface area contributed by atoms with E-state index < -0.39 is 0 Å². The van der Waals surface area contributed by atoms with Crippen LogP contribution in [0.15, 0.2) is 45.3 Å². The zero-order chi connectivity index (χ0) is 14.7. The zero-order valence-electron chi connectivity index (χ0n) is 10.4. The van der Waals surface area contributed by atoms with E-state index in [2.05, 4.69) is 37.2 Å². The Hall–Kier alpha value is -1.04. The van der Waals surface area contributed by atoms with Crippen molar-refractivity contribution in [2.45, 2.75) is 0 Å². The summed E-state index contributed by atoms with van der Waals surface area (Å²) in [7, 11) is 1.52. The van der Waals surface area contributed by atoms with Crippen LogP contribution in [0.2, 0.25) is 5.02 Å². The third-order valence-electron chi connectivity index (χ3n) is 2.59. The van der Waals surface area contributed by atoms with E-state index in [-0.39, 0.29) is 5.91 Å². The lowest BCUT2D eigenvalue weighted by atomic mass is 10.2. The van der Waals surface area contributed by atoms with Crippen molar-refractivity contribution in [1.29, 1.82) is 0 Å². The normalized spacial score (nSPS) is 10.2. The fourth-order valence-corrected chi connectivity index (χ4v) is 2.76. The Morgan fingerprint density at radius 1 is 1.20 bits per heavy atom. The number of methoxy groups -OCH3 is 1. The SMILES string of the molecule is COc1cc(Br)ccc1C(=O)Nc1ccc(Cl)cc1Br. The minimum Gasteiger partial charge on any atom is -0.496 e. The van der Waals surface area contributed by atoms with Crippen molar-refractivity contribution in [3.63, 3.8) is 0 Å². The van der Waals surface area contributed by atoms with Crippen LogP contribution in [-0.2, 0) is 0 Å². The van der Waals surface area contributed by atoms with Gasteiger partial charge in [0.25, 0.3) is 5.91 Å². The second-order valence-electron chi connectivity index (χ2n) is 3.92. The highest BCUT2D eigenvalue weighted by atomic mass is 79.9. The standard InChI is InChI=1S/C14H10Br2ClNO2/c1-20-13-6-8(15)2-4-10(13)14(19)18-12-5-3-9(17)7-11(12)16/h2-7H,1H3,(H,18,19). The van der Waals surface area contributed by atoms with E-state index in [1.165, 1.54) is 7.11 Å². The molecule has 0 bridgehead atoms. The van der Waals surface area contributed by atoms with Gasteiger partial charge in [0.05, 0.1) is 18.4 Å². The van der Waals surface area contributed by atoms with Gasteiger partial charge in [-0.3, -0.25) is 4.79 Å². The summed E-state index contributed by atoms with van der Waals surface area (Å²) in [5, 5.41) is 3.40. The Balaban J connectivity index is 2.28. The lowest BCUT2D eigenvalue weighted by Gasteiger charge is -2.11. The molecule has 6 heteroatoms. The molecule has 0 unspecified atom stereocenters. The topological polar surface area (TPSA) is 38.3 Å². The fraction of sp³-hybridized carbons (Fsp3) is 0.0714. The number of benzene rings is 2. The molecule has 0 aliphatic carbocycles. The Morgan fingerprint density at radius 3 is 2.60 bits per heavy atom. The third kappa shape index (κ3) is 3.53. The number of hydrogen-bond acceptors (Lipinski definition) is 2. The number of nitrogens with one attached hydrogen (secondary N) is 1. The lowest BCUT2D eigenvalue weighted by molar-refractivity contribution is 0.102. The van der Waals surface area contributed by atoms with Gasteiger partial charge >= 0.3 is 0 Å². The predicted octanol–water partition coefficient (Wildman–Crippen LogP) is 5.13. The molecule has 0 atom stereocenters. The second kappa shape index (κ2) is 6.61. The maximum Gasteiger partial charge on any atom is 0.259 e. The summed E-state index contributed by atoms with van der Waals surface area (Å²) >= 11 is 12.6. The average molecular weight is 420 g/mol. The molecular weight excluding hydrogens is 409 g/mol. The Labute approximate surface area is 138 Å². The smallest absolute Gasteiger partial charge is 0.259 e. The first-order chi connectivity index (χ1) is 9.51. The summed E-state index contributed by atoms with van der Waals surface area (Å²) in [6.45, 7) is 0. The molecule has 0 aromatic heterocycles. The van der Waals surface area contributed by atoms with Gasteiger partial charge in [-0.05, 0) is 52.3 Å². The summed E-state index contributed by atoms with van der Waals surface area (Å²) in [4.78, 5) is 12.3. The van der Waals surface area contributed by atoms with Gasteiger partial charge < -0.3 is 10.1 Å². The average Bonchev–Trinajstić information content (AvgIpc) is 2.41.